The number of ether oxygens (including phenoxy) is 1. The fraction of sp³-hybridized carbons (Fsp3) is 0.591. The summed E-state index contributed by atoms with van der Waals surface area (Å²) in [6.45, 7) is 7.30. The van der Waals surface area contributed by atoms with Gasteiger partial charge in [0.1, 0.15) is 11.9 Å². The van der Waals surface area contributed by atoms with Crippen molar-refractivity contribution in [2.75, 3.05) is 18.5 Å². The van der Waals surface area contributed by atoms with Crippen molar-refractivity contribution in [2.24, 2.45) is 0 Å². The first kappa shape index (κ1) is 21.6. The molecule has 1 unspecified atom stereocenters. The molecule has 0 spiro atoms. The first-order valence-corrected chi connectivity index (χ1v) is 10.6. The van der Waals surface area contributed by atoms with E-state index in [9.17, 15) is 0 Å². The van der Waals surface area contributed by atoms with Gasteiger partial charge in [-0.05, 0) is 56.4 Å². The zero-order valence-electron chi connectivity index (χ0n) is 17.2. The van der Waals surface area contributed by atoms with Crippen LogP contribution in [-0.2, 0) is 4.74 Å². The molecular weight excluding hydrogens is 358 g/mol. The normalized spacial score (nSPS) is 17.7. The van der Waals surface area contributed by atoms with Crippen molar-refractivity contribution in [3.8, 4) is 0 Å². The highest BCUT2D eigenvalue weighted by Crippen LogP contribution is 2.30. The predicted octanol–water partition coefficient (Wildman–Crippen LogP) is 6.03. The smallest absolute Gasteiger partial charge is 0.193 e. The Hall–Kier alpha value is -1.68. The summed E-state index contributed by atoms with van der Waals surface area (Å²) in [7, 11) is 1.89. The van der Waals surface area contributed by atoms with Crippen LogP contribution in [-0.4, -0.2) is 25.5 Å². The molecule has 0 bridgehead atoms. The summed E-state index contributed by atoms with van der Waals surface area (Å²) in [4.78, 5) is 2.08. The third-order valence-electron chi connectivity index (χ3n) is 5.09. The average Bonchev–Trinajstić information content (AvgIpc) is 2.65. The Bertz CT molecular complexity index is 672. The van der Waals surface area contributed by atoms with Crippen LogP contribution in [0.4, 0.5) is 5.69 Å². The minimum atomic E-state index is 0.213. The van der Waals surface area contributed by atoms with E-state index in [2.05, 4.69) is 24.1 Å². The Kier molecular flexibility index (Phi) is 8.49. The Balaban J connectivity index is 2.26. The molecule has 0 amide bonds. The second-order valence-electron chi connectivity index (χ2n) is 7.26. The van der Waals surface area contributed by atoms with Gasteiger partial charge in [-0.25, -0.2) is 0 Å². The third-order valence-corrected chi connectivity index (χ3v) is 5.32. The van der Waals surface area contributed by atoms with E-state index in [1.807, 2.05) is 32.2 Å². The second-order valence-corrected chi connectivity index (χ2v) is 7.70. The van der Waals surface area contributed by atoms with Gasteiger partial charge in [0, 0.05) is 24.3 Å². The van der Waals surface area contributed by atoms with Crippen molar-refractivity contribution >= 4 is 23.1 Å². The number of nitrogens with one attached hydrogen (secondary N) is 2. The van der Waals surface area contributed by atoms with E-state index < -0.39 is 0 Å². The molecule has 1 atom stereocenters. The number of hydrogen-bond donors (Lipinski definition) is 2. The molecule has 1 aromatic rings. The van der Waals surface area contributed by atoms with Gasteiger partial charge in [-0.1, -0.05) is 44.7 Å². The number of amidine groups is 1. The van der Waals surface area contributed by atoms with Crippen molar-refractivity contribution in [1.29, 1.82) is 5.41 Å². The van der Waals surface area contributed by atoms with Crippen LogP contribution in [0.1, 0.15) is 64.4 Å². The van der Waals surface area contributed by atoms with E-state index in [1.165, 1.54) is 12.8 Å². The molecule has 2 N–H and O–H groups in total. The summed E-state index contributed by atoms with van der Waals surface area (Å²) in [6.07, 6.45) is 7.65. The number of unbranched alkanes of at least 4 members (excludes halogenated alkanes) is 1. The van der Waals surface area contributed by atoms with E-state index in [4.69, 9.17) is 21.7 Å². The van der Waals surface area contributed by atoms with Crippen molar-refractivity contribution in [3.05, 3.63) is 40.2 Å². The SMILES string of the molecule is CCCCC(CCC)O/C(NC)=C1\CCCN(c2ccc(Cl)cc2C)C1=N. The van der Waals surface area contributed by atoms with Gasteiger partial charge in [0.05, 0.1) is 5.57 Å². The lowest BCUT2D eigenvalue weighted by Crippen LogP contribution is -2.39. The lowest BCUT2D eigenvalue weighted by atomic mass is 10.0. The van der Waals surface area contributed by atoms with E-state index in [0.29, 0.717) is 5.84 Å². The summed E-state index contributed by atoms with van der Waals surface area (Å²) in [6, 6.07) is 5.86. The Labute approximate surface area is 169 Å². The van der Waals surface area contributed by atoms with Gasteiger partial charge in [0.15, 0.2) is 5.88 Å². The first-order chi connectivity index (χ1) is 13.0. The number of rotatable bonds is 9. The highest BCUT2D eigenvalue weighted by molar-refractivity contribution is 6.30. The Morgan fingerprint density at radius 2 is 2.07 bits per heavy atom. The van der Waals surface area contributed by atoms with Gasteiger partial charge in [0.25, 0.3) is 0 Å². The van der Waals surface area contributed by atoms with Crippen LogP contribution in [0, 0.1) is 12.3 Å². The summed E-state index contributed by atoms with van der Waals surface area (Å²) in [5.74, 6) is 1.30. The van der Waals surface area contributed by atoms with Crippen LogP contribution >= 0.6 is 11.6 Å². The fourth-order valence-corrected chi connectivity index (χ4v) is 3.88. The number of anilines is 1. The van der Waals surface area contributed by atoms with Crippen LogP contribution in [0.2, 0.25) is 5.02 Å². The van der Waals surface area contributed by atoms with Gasteiger partial charge in [-0.15, -0.1) is 0 Å². The summed E-state index contributed by atoms with van der Waals surface area (Å²) in [5.41, 5.74) is 3.11. The van der Waals surface area contributed by atoms with Crippen LogP contribution in [0.25, 0.3) is 0 Å². The summed E-state index contributed by atoms with van der Waals surface area (Å²) in [5, 5.41) is 12.8. The number of halogens is 1. The highest BCUT2D eigenvalue weighted by atomic mass is 35.5. The van der Waals surface area contributed by atoms with Gasteiger partial charge in [0.2, 0.25) is 0 Å². The molecular formula is C22H34ClN3O. The molecule has 1 aliphatic heterocycles. The largest absolute Gasteiger partial charge is 0.476 e. The zero-order valence-corrected chi connectivity index (χ0v) is 18.0. The maximum absolute atomic E-state index is 8.82. The van der Waals surface area contributed by atoms with Crippen molar-refractivity contribution < 1.29 is 4.74 Å². The number of piperidine rings is 1. The molecule has 1 aliphatic rings. The molecule has 150 valence electrons. The van der Waals surface area contributed by atoms with Gasteiger partial charge >= 0.3 is 0 Å². The minimum Gasteiger partial charge on any atom is -0.476 e. The second kappa shape index (κ2) is 10.6. The molecule has 0 aliphatic carbocycles. The molecule has 27 heavy (non-hydrogen) atoms. The van der Waals surface area contributed by atoms with Crippen LogP contribution in [0.15, 0.2) is 29.7 Å². The lowest BCUT2D eigenvalue weighted by molar-refractivity contribution is 0.0847. The lowest BCUT2D eigenvalue weighted by Gasteiger charge is -2.34. The number of nitrogens with zero attached hydrogens (tertiary/aromatic N) is 1. The van der Waals surface area contributed by atoms with Crippen molar-refractivity contribution in [1.82, 2.24) is 5.32 Å². The van der Waals surface area contributed by atoms with Gasteiger partial charge < -0.3 is 15.0 Å². The molecule has 0 radical (unpaired) electrons. The molecule has 4 nitrogen and oxygen atoms in total. The highest BCUT2D eigenvalue weighted by Gasteiger charge is 2.26. The summed E-state index contributed by atoms with van der Waals surface area (Å²) >= 11 is 6.11. The first-order valence-electron chi connectivity index (χ1n) is 10.2. The topological polar surface area (TPSA) is 48.4 Å². The molecule has 1 heterocycles. The number of hydrogen-bond acceptors (Lipinski definition) is 3. The predicted molar refractivity (Wildman–Crippen MR) is 116 cm³/mol. The van der Waals surface area contributed by atoms with Crippen LogP contribution in [0.3, 0.4) is 0 Å². The van der Waals surface area contributed by atoms with Crippen LogP contribution in [0.5, 0.6) is 0 Å². The quantitative estimate of drug-likeness (QED) is 0.505. The summed E-state index contributed by atoms with van der Waals surface area (Å²) < 4.78 is 6.37. The standard InChI is InChI=1S/C22H34ClN3O/c1-5-7-10-18(9-6-2)27-22(25-4)19-11-8-14-26(21(19)24)20-13-12-17(23)15-16(20)3/h12-13,15,18,24-25H,5-11,14H2,1-4H3/b22-19+,24-21?. The molecule has 0 saturated carbocycles. The maximum atomic E-state index is 8.82. The van der Waals surface area contributed by atoms with Crippen molar-refractivity contribution in [3.63, 3.8) is 0 Å². The average molecular weight is 392 g/mol. The number of aryl methyl sites for hydroxylation is 1. The minimum absolute atomic E-state index is 0.213. The zero-order chi connectivity index (χ0) is 19.8. The molecule has 5 heteroatoms. The van der Waals surface area contributed by atoms with E-state index in [-0.39, 0.29) is 6.10 Å². The molecule has 1 aromatic carbocycles. The van der Waals surface area contributed by atoms with Gasteiger partial charge in [-0.3, -0.25) is 5.41 Å². The van der Waals surface area contributed by atoms with Crippen molar-refractivity contribution in [2.45, 2.75) is 71.8 Å². The molecule has 1 saturated heterocycles. The Morgan fingerprint density at radius 1 is 1.30 bits per heavy atom. The maximum Gasteiger partial charge on any atom is 0.193 e. The van der Waals surface area contributed by atoms with E-state index in [1.54, 1.807) is 0 Å². The fourth-order valence-electron chi connectivity index (χ4n) is 3.65. The van der Waals surface area contributed by atoms with E-state index in [0.717, 1.165) is 66.4 Å². The van der Waals surface area contributed by atoms with Crippen LogP contribution < -0.4 is 10.2 Å². The monoisotopic (exact) mass is 391 g/mol. The third kappa shape index (κ3) is 5.65. The van der Waals surface area contributed by atoms with Gasteiger partial charge in [-0.2, -0.15) is 0 Å². The molecule has 1 fully saturated rings. The molecule has 0 aromatic heterocycles. The Morgan fingerprint density at radius 3 is 2.70 bits per heavy atom. The van der Waals surface area contributed by atoms with E-state index >= 15 is 0 Å². The molecule has 2 rings (SSSR count). The number of benzene rings is 1.